The van der Waals surface area contributed by atoms with E-state index in [0.717, 1.165) is 9.26 Å². The van der Waals surface area contributed by atoms with E-state index in [9.17, 15) is 9.18 Å². The third kappa shape index (κ3) is 3.46. The monoisotopic (exact) mass is 375 g/mol. The number of hydrogen-bond donors (Lipinski definition) is 1. The minimum absolute atomic E-state index is 0.160. The van der Waals surface area contributed by atoms with Gasteiger partial charge in [0.1, 0.15) is 11.6 Å². The van der Waals surface area contributed by atoms with Crippen LogP contribution in [0.25, 0.3) is 0 Å². The first kappa shape index (κ1) is 13.9. The predicted molar refractivity (Wildman–Crippen MR) is 76.5 cm³/mol. The van der Waals surface area contributed by atoms with Crippen LogP contribution in [-0.2, 0) is 11.3 Å². The van der Waals surface area contributed by atoms with E-state index in [1.165, 1.54) is 19.2 Å². The van der Waals surface area contributed by atoms with Gasteiger partial charge in [-0.2, -0.15) is 0 Å². The number of carbonyl (C=O) groups excluding carboxylic acids is 1. The summed E-state index contributed by atoms with van der Waals surface area (Å²) in [5, 5.41) is 3.11. The fourth-order valence-corrected chi connectivity index (χ4v) is 2.17. The number of hydrogen-bond acceptors (Lipinski definition) is 4. The van der Waals surface area contributed by atoms with Crippen LogP contribution in [-0.4, -0.2) is 13.1 Å². The van der Waals surface area contributed by atoms with Crippen molar-refractivity contribution in [2.24, 2.45) is 0 Å². The minimum atomic E-state index is -0.511. The van der Waals surface area contributed by atoms with E-state index in [-0.39, 0.29) is 11.6 Å². The summed E-state index contributed by atoms with van der Waals surface area (Å²) < 4.78 is 23.6. The van der Waals surface area contributed by atoms with Crippen molar-refractivity contribution in [3.63, 3.8) is 0 Å². The molecule has 0 aliphatic rings. The van der Waals surface area contributed by atoms with Gasteiger partial charge in [-0.1, -0.05) is 0 Å². The van der Waals surface area contributed by atoms with Crippen LogP contribution in [0.1, 0.15) is 16.3 Å². The molecule has 1 aromatic carbocycles. The summed E-state index contributed by atoms with van der Waals surface area (Å²) in [6.45, 7) is 0.401. The van der Waals surface area contributed by atoms with Gasteiger partial charge in [0.2, 0.25) is 5.76 Å². The van der Waals surface area contributed by atoms with E-state index in [1.807, 2.05) is 22.6 Å². The zero-order chi connectivity index (χ0) is 13.8. The molecule has 0 bridgehead atoms. The molecule has 0 spiro atoms. The quantitative estimate of drug-likeness (QED) is 0.657. The van der Waals surface area contributed by atoms with Gasteiger partial charge < -0.3 is 14.5 Å². The highest BCUT2D eigenvalue weighted by Crippen LogP contribution is 2.20. The van der Waals surface area contributed by atoms with Crippen LogP contribution in [0.4, 0.5) is 10.1 Å². The van der Waals surface area contributed by atoms with Gasteiger partial charge in [0, 0.05) is 9.26 Å². The Balaban J connectivity index is 2.02. The molecule has 0 saturated carbocycles. The SMILES string of the molecule is COC(=O)c1ccc(CNc2ccc(F)cc2I)o1. The number of furan rings is 1. The normalized spacial score (nSPS) is 10.3. The van der Waals surface area contributed by atoms with Crippen molar-refractivity contribution in [3.05, 3.63) is 51.2 Å². The van der Waals surface area contributed by atoms with Crippen LogP contribution >= 0.6 is 22.6 Å². The molecule has 0 unspecified atom stereocenters. The van der Waals surface area contributed by atoms with Gasteiger partial charge >= 0.3 is 5.97 Å². The van der Waals surface area contributed by atoms with E-state index >= 15 is 0 Å². The van der Waals surface area contributed by atoms with Gasteiger partial charge in [-0.05, 0) is 52.9 Å². The summed E-state index contributed by atoms with van der Waals surface area (Å²) in [7, 11) is 1.30. The van der Waals surface area contributed by atoms with Gasteiger partial charge in [-0.25, -0.2) is 9.18 Å². The average molecular weight is 375 g/mol. The van der Waals surface area contributed by atoms with E-state index < -0.39 is 5.97 Å². The first-order valence-electron chi connectivity index (χ1n) is 5.46. The van der Waals surface area contributed by atoms with E-state index in [1.54, 1.807) is 18.2 Å². The first-order valence-corrected chi connectivity index (χ1v) is 6.54. The Kier molecular flexibility index (Phi) is 4.41. The van der Waals surface area contributed by atoms with Crippen molar-refractivity contribution < 1.29 is 18.3 Å². The van der Waals surface area contributed by atoms with Gasteiger partial charge in [0.15, 0.2) is 0 Å². The second-order valence-electron chi connectivity index (χ2n) is 3.74. The number of esters is 1. The van der Waals surface area contributed by atoms with Crippen molar-refractivity contribution in [2.75, 3.05) is 12.4 Å². The fraction of sp³-hybridized carbons (Fsp3) is 0.154. The molecule has 0 atom stereocenters. The second kappa shape index (κ2) is 6.05. The first-order chi connectivity index (χ1) is 9.10. The van der Waals surface area contributed by atoms with E-state index in [2.05, 4.69) is 10.1 Å². The molecule has 0 radical (unpaired) electrons. The van der Waals surface area contributed by atoms with Gasteiger partial charge in [-0.15, -0.1) is 0 Å². The number of carbonyl (C=O) groups is 1. The standard InChI is InChI=1S/C13H11FINO3/c1-18-13(17)12-5-3-9(19-12)7-16-11-4-2-8(14)6-10(11)15/h2-6,16H,7H2,1H3. The lowest BCUT2D eigenvalue weighted by molar-refractivity contribution is 0.0563. The lowest BCUT2D eigenvalue weighted by Gasteiger charge is -2.06. The van der Waals surface area contributed by atoms with Crippen LogP contribution in [0.3, 0.4) is 0 Å². The van der Waals surface area contributed by atoms with Crippen molar-refractivity contribution in [3.8, 4) is 0 Å². The molecule has 0 aliphatic carbocycles. The van der Waals surface area contributed by atoms with E-state index in [4.69, 9.17) is 4.42 Å². The highest BCUT2D eigenvalue weighted by molar-refractivity contribution is 14.1. The molecule has 0 saturated heterocycles. The largest absolute Gasteiger partial charge is 0.463 e. The topological polar surface area (TPSA) is 51.5 Å². The van der Waals surface area contributed by atoms with Gasteiger partial charge in [-0.3, -0.25) is 0 Å². The van der Waals surface area contributed by atoms with Gasteiger partial charge in [0.05, 0.1) is 13.7 Å². The number of halogens is 2. The number of rotatable bonds is 4. The summed E-state index contributed by atoms with van der Waals surface area (Å²) in [4.78, 5) is 11.2. The number of anilines is 1. The highest BCUT2D eigenvalue weighted by Gasteiger charge is 2.11. The van der Waals surface area contributed by atoms with Crippen molar-refractivity contribution >= 4 is 34.2 Å². The molecule has 19 heavy (non-hydrogen) atoms. The Morgan fingerprint density at radius 2 is 2.21 bits per heavy atom. The second-order valence-corrected chi connectivity index (χ2v) is 4.90. The van der Waals surface area contributed by atoms with Crippen molar-refractivity contribution in [1.29, 1.82) is 0 Å². The lowest BCUT2D eigenvalue weighted by Crippen LogP contribution is -2.01. The molecule has 1 aromatic heterocycles. The summed E-state index contributed by atoms with van der Waals surface area (Å²) in [5.41, 5.74) is 0.804. The molecule has 0 fully saturated rings. The maximum Gasteiger partial charge on any atom is 0.373 e. The highest BCUT2D eigenvalue weighted by atomic mass is 127. The molecular weight excluding hydrogens is 364 g/mol. The zero-order valence-corrected chi connectivity index (χ0v) is 12.2. The molecular formula is C13H11FINO3. The lowest BCUT2D eigenvalue weighted by atomic mass is 10.3. The fourth-order valence-electron chi connectivity index (χ4n) is 1.50. The Bertz CT molecular complexity index is 597. The molecule has 1 N–H and O–H groups in total. The number of nitrogens with one attached hydrogen (secondary N) is 1. The van der Waals surface area contributed by atoms with Crippen LogP contribution in [0.2, 0.25) is 0 Å². The molecule has 2 aromatic rings. The molecule has 0 aliphatic heterocycles. The molecule has 0 amide bonds. The number of methoxy groups -OCH3 is 1. The van der Waals surface area contributed by atoms with Crippen LogP contribution in [0, 0.1) is 9.39 Å². The van der Waals surface area contributed by atoms with Crippen LogP contribution < -0.4 is 5.32 Å². The predicted octanol–water partition coefficient (Wildman–Crippen LogP) is 3.42. The van der Waals surface area contributed by atoms with Gasteiger partial charge in [0.25, 0.3) is 0 Å². The molecule has 100 valence electrons. The Morgan fingerprint density at radius 3 is 2.89 bits per heavy atom. The Hall–Kier alpha value is -1.57. The zero-order valence-electron chi connectivity index (χ0n) is 10.1. The van der Waals surface area contributed by atoms with Crippen LogP contribution in [0.15, 0.2) is 34.7 Å². The van der Waals surface area contributed by atoms with Crippen LogP contribution in [0.5, 0.6) is 0 Å². The molecule has 6 heteroatoms. The Morgan fingerprint density at radius 1 is 1.42 bits per heavy atom. The maximum absolute atomic E-state index is 12.9. The van der Waals surface area contributed by atoms with Crippen molar-refractivity contribution in [1.82, 2.24) is 0 Å². The summed E-state index contributed by atoms with van der Waals surface area (Å²) in [6, 6.07) is 7.72. The number of ether oxygens (including phenoxy) is 1. The third-order valence-electron chi connectivity index (χ3n) is 2.43. The average Bonchev–Trinajstić information content (AvgIpc) is 2.85. The summed E-state index contributed by atoms with van der Waals surface area (Å²) in [5.74, 6) is -0.0304. The summed E-state index contributed by atoms with van der Waals surface area (Å²) in [6.07, 6.45) is 0. The minimum Gasteiger partial charge on any atom is -0.463 e. The molecule has 2 rings (SSSR count). The molecule has 4 nitrogen and oxygen atoms in total. The maximum atomic E-state index is 12.9. The molecule has 1 heterocycles. The smallest absolute Gasteiger partial charge is 0.373 e. The summed E-state index contributed by atoms with van der Waals surface area (Å²) >= 11 is 2.04. The Labute approximate surface area is 123 Å². The third-order valence-corrected chi connectivity index (χ3v) is 3.32. The van der Waals surface area contributed by atoms with Crippen molar-refractivity contribution in [2.45, 2.75) is 6.54 Å². The van der Waals surface area contributed by atoms with E-state index in [0.29, 0.717) is 12.3 Å². The number of benzene rings is 1.